The summed E-state index contributed by atoms with van der Waals surface area (Å²) in [4.78, 5) is 9.92. The van der Waals surface area contributed by atoms with Gasteiger partial charge in [-0.05, 0) is 12.8 Å². The zero-order valence-corrected chi connectivity index (χ0v) is 15.6. The van der Waals surface area contributed by atoms with E-state index in [0.29, 0.717) is 39.3 Å². The van der Waals surface area contributed by atoms with Gasteiger partial charge in [-0.1, -0.05) is 7.43 Å². The average molecular weight is 494 g/mol. The van der Waals surface area contributed by atoms with E-state index in [-0.39, 0.29) is 33.9 Å². The Balaban J connectivity index is -0.000000103. The highest BCUT2D eigenvalue weighted by molar-refractivity contribution is 5.67. The lowest BCUT2D eigenvalue weighted by molar-refractivity contribution is -0.238. The zero-order chi connectivity index (χ0) is 24.5. The van der Waals surface area contributed by atoms with Crippen molar-refractivity contribution in [3.05, 3.63) is 0 Å². The van der Waals surface area contributed by atoms with Crippen LogP contribution in [-0.4, -0.2) is 88.6 Å². The number of aliphatic hydroxyl groups is 1. The molecular formula is C15H28F10O6. The standard InChI is InChI=1S/C7H13FO4.C5H11FO2.2CF4.CH4/c8-2-1-3-11-4-5-12-6-7(9)10;6-2-1-4-8-5-3-7;2*2-1(3,4)5;/h1-6H2,(H,9,10);7H,1-5H2;;;1H4. The van der Waals surface area contributed by atoms with Crippen LogP contribution in [0.2, 0.25) is 0 Å². The van der Waals surface area contributed by atoms with Crippen LogP contribution in [0.25, 0.3) is 0 Å². The van der Waals surface area contributed by atoms with Crippen LogP contribution in [0.1, 0.15) is 20.3 Å². The van der Waals surface area contributed by atoms with Crippen LogP contribution in [0, 0.1) is 0 Å². The molecule has 0 aliphatic rings. The van der Waals surface area contributed by atoms with Crippen molar-refractivity contribution in [2.24, 2.45) is 0 Å². The Hall–Kier alpha value is -1.39. The molecule has 0 radical (unpaired) electrons. The Morgan fingerprint density at radius 1 is 0.677 bits per heavy atom. The molecule has 194 valence electrons. The lowest BCUT2D eigenvalue weighted by Crippen LogP contribution is -2.11. The van der Waals surface area contributed by atoms with Crippen LogP contribution < -0.4 is 0 Å². The lowest BCUT2D eigenvalue weighted by atomic mass is 10.5. The molecule has 31 heavy (non-hydrogen) atoms. The molecule has 16 heteroatoms. The first-order chi connectivity index (χ1) is 13.7. The van der Waals surface area contributed by atoms with Gasteiger partial charge >= 0.3 is 18.8 Å². The van der Waals surface area contributed by atoms with E-state index in [1.807, 2.05) is 0 Å². The van der Waals surface area contributed by atoms with Crippen LogP contribution in [-0.2, 0) is 19.0 Å². The predicted molar refractivity (Wildman–Crippen MR) is 89.4 cm³/mol. The Labute approximate surface area is 173 Å². The fourth-order valence-corrected chi connectivity index (χ4v) is 0.859. The Morgan fingerprint density at radius 3 is 1.29 bits per heavy atom. The van der Waals surface area contributed by atoms with Gasteiger partial charge in [-0.15, -0.1) is 35.1 Å². The summed E-state index contributed by atoms with van der Waals surface area (Å²) < 4.78 is 115. The highest BCUT2D eigenvalue weighted by Crippen LogP contribution is 2.14. The first kappa shape index (κ1) is 40.0. The number of carbonyl (C=O) groups is 1. The van der Waals surface area contributed by atoms with Crippen molar-refractivity contribution in [2.75, 3.05) is 59.6 Å². The van der Waals surface area contributed by atoms with E-state index in [2.05, 4.69) is 4.74 Å². The number of hydrogen-bond donors (Lipinski definition) is 2. The van der Waals surface area contributed by atoms with E-state index >= 15 is 0 Å². The summed E-state index contributed by atoms with van der Waals surface area (Å²) in [6, 6.07) is 0. The van der Waals surface area contributed by atoms with Gasteiger partial charge in [-0.25, -0.2) is 4.79 Å². The molecule has 0 amide bonds. The number of aliphatic hydroxyl groups excluding tert-OH is 1. The number of alkyl halides is 10. The first-order valence-electron chi connectivity index (χ1n) is 7.88. The molecule has 2 N–H and O–H groups in total. The maximum atomic E-state index is 11.5. The number of hydrogen-bond acceptors (Lipinski definition) is 5. The van der Waals surface area contributed by atoms with Crippen LogP contribution in [0.3, 0.4) is 0 Å². The third-order valence-corrected chi connectivity index (χ3v) is 1.68. The van der Waals surface area contributed by atoms with Crippen molar-refractivity contribution in [3.8, 4) is 0 Å². The summed E-state index contributed by atoms with van der Waals surface area (Å²) in [6.07, 6.45) is -10.2. The van der Waals surface area contributed by atoms with Gasteiger partial charge in [0, 0.05) is 13.2 Å². The monoisotopic (exact) mass is 494 g/mol. The summed E-state index contributed by atoms with van der Waals surface area (Å²) in [5, 5.41) is 16.3. The van der Waals surface area contributed by atoms with E-state index in [1.165, 1.54) is 0 Å². The molecule has 6 nitrogen and oxygen atoms in total. The van der Waals surface area contributed by atoms with Crippen LogP contribution in [0.15, 0.2) is 0 Å². The Kier molecular flexibility index (Phi) is 36.9. The highest BCUT2D eigenvalue weighted by atomic mass is 19.5. The summed E-state index contributed by atoms with van der Waals surface area (Å²) in [5.41, 5.74) is 0. The van der Waals surface area contributed by atoms with Crippen molar-refractivity contribution in [3.63, 3.8) is 0 Å². The molecule has 0 aliphatic carbocycles. The predicted octanol–water partition coefficient (Wildman–Crippen LogP) is 4.41. The Bertz CT molecular complexity index is 313. The number of carboxylic acids is 1. The summed E-state index contributed by atoms with van der Waals surface area (Å²) >= 11 is 0. The molecule has 0 rings (SSSR count). The molecule has 0 spiro atoms. The smallest absolute Gasteiger partial charge is 0.480 e. The number of aliphatic carboxylic acids is 1. The number of rotatable bonds is 13. The highest BCUT2D eigenvalue weighted by Gasteiger charge is 2.25. The second-order valence-electron chi connectivity index (χ2n) is 4.34. The molecule has 0 aromatic heterocycles. The molecule has 0 aliphatic heterocycles. The number of halogens is 10. The molecule has 0 heterocycles. The van der Waals surface area contributed by atoms with E-state index < -0.39 is 25.5 Å². The van der Waals surface area contributed by atoms with Crippen molar-refractivity contribution in [2.45, 2.75) is 33.1 Å². The largest absolute Gasteiger partial charge is 0.559 e. The second kappa shape index (κ2) is 28.6. The van der Waals surface area contributed by atoms with Crippen molar-refractivity contribution < 1.29 is 73.1 Å². The first-order valence-corrected chi connectivity index (χ1v) is 7.88. The fourth-order valence-electron chi connectivity index (χ4n) is 0.859. The van der Waals surface area contributed by atoms with Crippen molar-refractivity contribution in [1.29, 1.82) is 0 Å². The molecule has 0 bridgehead atoms. The second-order valence-corrected chi connectivity index (χ2v) is 4.34. The molecule has 0 atom stereocenters. The minimum Gasteiger partial charge on any atom is -0.480 e. The van der Waals surface area contributed by atoms with Gasteiger partial charge in [-0.2, -0.15) is 0 Å². The van der Waals surface area contributed by atoms with Gasteiger partial charge < -0.3 is 24.4 Å². The molecule has 0 fully saturated rings. The van der Waals surface area contributed by atoms with Crippen LogP contribution in [0.5, 0.6) is 0 Å². The molecular weight excluding hydrogens is 466 g/mol. The third-order valence-electron chi connectivity index (χ3n) is 1.68. The maximum absolute atomic E-state index is 11.5. The van der Waals surface area contributed by atoms with Crippen LogP contribution >= 0.6 is 0 Å². The minimum atomic E-state index is -5.50. The zero-order valence-electron chi connectivity index (χ0n) is 15.6. The molecule has 0 saturated carbocycles. The quantitative estimate of drug-likeness (QED) is 0.292. The van der Waals surface area contributed by atoms with Gasteiger partial charge in [0.1, 0.15) is 6.61 Å². The summed E-state index contributed by atoms with van der Waals surface area (Å²) in [6.45, 7) is 0.607. The molecule has 0 aromatic rings. The van der Waals surface area contributed by atoms with Crippen LogP contribution in [0.4, 0.5) is 43.9 Å². The van der Waals surface area contributed by atoms with Gasteiger partial charge in [-0.3, -0.25) is 8.78 Å². The third kappa shape index (κ3) is 127. The van der Waals surface area contributed by atoms with E-state index in [9.17, 15) is 48.7 Å². The van der Waals surface area contributed by atoms with E-state index in [4.69, 9.17) is 19.7 Å². The topological polar surface area (TPSA) is 85.2 Å². The normalized spacial score (nSPS) is 10.3. The molecule has 0 aromatic carbocycles. The number of ether oxygens (including phenoxy) is 3. The lowest BCUT2D eigenvalue weighted by Gasteiger charge is -2.01. The summed E-state index contributed by atoms with van der Waals surface area (Å²) in [5.74, 6) is -1.00. The van der Waals surface area contributed by atoms with Gasteiger partial charge in [0.25, 0.3) is 0 Å². The molecule has 0 saturated heterocycles. The van der Waals surface area contributed by atoms with Crippen molar-refractivity contribution in [1.82, 2.24) is 0 Å². The number of carboxylic acid groups (broad SMARTS) is 1. The summed E-state index contributed by atoms with van der Waals surface area (Å²) in [7, 11) is 0. The average Bonchev–Trinajstić information content (AvgIpc) is 2.55. The SMILES string of the molecule is C.FC(F)(F)F.FC(F)(F)F.O=C(O)COCCOCCCF.OCCOCCCF. The van der Waals surface area contributed by atoms with Gasteiger partial charge in [0.15, 0.2) is 0 Å². The van der Waals surface area contributed by atoms with E-state index in [1.54, 1.807) is 0 Å². The Morgan fingerprint density at radius 2 is 1.00 bits per heavy atom. The van der Waals surface area contributed by atoms with E-state index in [0.717, 1.165) is 0 Å². The fraction of sp³-hybridized carbons (Fsp3) is 0.933. The van der Waals surface area contributed by atoms with Gasteiger partial charge in [0.05, 0.1) is 39.8 Å². The minimum absolute atomic E-state index is 0. The van der Waals surface area contributed by atoms with Crippen molar-refractivity contribution >= 4 is 5.97 Å². The van der Waals surface area contributed by atoms with Gasteiger partial charge in [0.2, 0.25) is 0 Å². The maximum Gasteiger partial charge on any atom is 0.559 e. The molecule has 0 unspecified atom stereocenters.